The zero-order valence-corrected chi connectivity index (χ0v) is 66.2. The smallest absolute Gasteiger partial charge is 0.138 e. The Morgan fingerprint density at radius 2 is 0.829 bits per heavy atom. The molecule has 0 saturated heterocycles. The average Bonchev–Trinajstić information content (AvgIpc) is 1.62. The van der Waals surface area contributed by atoms with Crippen molar-refractivity contribution in [3.8, 4) is 65.1 Å². The number of nitrogens with zero attached hydrogens (tertiary/aromatic N) is 6. The van der Waals surface area contributed by atoms with Crippen LogP contribution in [0.25, 0.3) is 95.7 Å². The van der Waals surface area contributed by atoms with Crippen LogP contribution in [0.3, 0.4) is 0 Å². The Bertz CT molecular complexity index is 4700. The fraction of sp³-hybridized carbons (Fsp3) is 0.407. The van der Waals surface area contributed by atoms with E-state index >= 15 is 0 Å². The van der Waals surface area contributed by atoms with Crippen molar-refractivity contribution in [2.45, 2.75) is 181 Å². The van der Waals surface area contributed by atoms with E-state index in [1.54, 1.807) is 66.7 Å². The zero-order chi connectivity index (χ0) is 72.6. The molecule has 0 saturated carbocycles. The van der Waals surface area contributed by atoms with Gasteiger partial charge in [0, 0.05) is 175 Å². The first-order chi connectivity index (χ1) is 51.4. The largest absolute Gasteiger partial charge is 0.385 e. The second kappa shape index (κ2) is 37.0. The third kappa shape index (κ3) is 19.2. The maximum atomic E-state index is 13.0. The number of rotatable bonds is 30. The van der Waals surface area contributed by atoms with Crippen LogP contribution in [0.2, 0.25) is 0 Å². The second-order valence-corrected chi connectivity index (χ2v) is 35.0. The Kier molecular flexibility index (Phi) is 26.8. The lowest BCUT2D eigenvalue weighted by atomic mass is 9.87. The number of carbonyl (C=O) groups is 3. The van der Waals surface area contributed by atoms with Crippen molar-refractivity contribution in [1.29, 1.82) is 0 Å². The van der Waals surface area contributed by atoms with E-state index in [2.05, 4.69) is 95.6 Å². The summed E-state index contributed by atoms with van der Waals surface area (Å²) in [7, 11) is 5.19. The van der Waals surface area contributed by atoms with E-state index in [4.69, 9.17) is 29.2 Å². The number of hydrogen-bond donors (Lipinski definition) is 1. The summed E-state index contributed by atoms with van der Waals surface area (Å²) >= 11 is 10.8. The van der Waals surface area contributed by atoms with E-state index in [0.29, 0.717) is 73.8 Å². The summed E-state index contributed by atoms with van der Waals surface area (Å²) in [6.07, 6.45) is 31.4. The number of carbonyl (C=O) groups excluding carboxylic acids is 3. The van der Waals surface area contributed by atoms with E-state index < -0.39 is 0 Å². The summed E-state index contributed by atoms with van der Waals surface area (Å²) in [5, 5.41) is 6.77. The first kappa shape index (κ1) is 75.9. The van der Waals surface area contributed by atoms with Crippen molar-refractivity contribution >= 4 is 116 Å². The van der Waals surface area contributed by atoms with Crippen molar-refractivity contribution in [2.75, 3.05) is 41.2 Å². The van der Waals surface area contributed by atoms with Gasteiger partial charge in [-0.05, 0) is 225 Å². The van der Waals surface area contributed by atoms with Gasteiger partial charge in [0.1, 0.15) is 32.4 Å². The molecule has 9 aromatic heterocycles. The van der Waals surface area contributed by atoms with Gasteiger partial charge in [-0.1, -0.05) is 51.3 Å². The fourth-order valence-electron chi connectivity index (χ4n) is 14.7. The van der Waals surface area contributed by atoms with Gasteiger partial charge in [-0.25, -0.2) is 15.0 Å². The molecule has 15 rings (SSSR count). The monoisotopic (exact) mass is 1510 g/mol. The molecular weight excluding hydrogens is 1420 g/mol. The highest BCUT2D eigenvalue weighted by molar-refractivity contribution is 7.23. The lowest BCUT2D eigenvalue weighted by molar-refractivity contribution is -0.119. The predicted octanol–water partition coefficient (Wildman–Crippen LogP) is 21.8. The Labute approximate surface area is 641 Å². The van der Waals surface area contributed by atoms with Gasteiger partial charge in [0.25, 0.3) is 0 Å². The number of thiazole rings is 3. The molecule has 1 aliphatic heterocycles. The van der Waals surface area contributed by atoms with Crippen molar-refractivity contribution < 1.29 is 28.6 Å². The van der Waals surface area contributed by atoms with Crippen LogP contribution in [0.15, 0.2) is 128 Å². The number of methoxy groups -OCH3 is 3. The van der Waals surface area contributed by atoms with E-state index in [1.165, 1.54) is 96.0 Å². The molecule has 3 aromatic carbocycles. The van der Waals surface area contributed by atoms with Gasteiger partial charge in [0.15, 0.2) is 0 Å². The number of fused-ring (bicyclic) bond motifs is 6. The topological polar surface area (TPSA) is 168 Å². The molecule has 3 unspecified atom stereocenters. The van der Waals surface area contributed by atoms with Crippen LogP contribution in [0.5, 0.6) is 0 Å². The molecule has 19 heteroatoms. The summed E-state index contributed by atoms with van der Waals surface area (Å²) in [6.45, 7) is 10.1. The van der Waals surface area contributed by atoms with Crippen LogP contribution in [0.1, 0.15) is 169 Å². The Balaban J connectivity index is 0.000000140. The summed E-state index contributed by atoms with van der Waals surface area (Å²) in [6, 6.07) is 32.1. The minimum Gasteiger partial charge on any atom is -0.385 e. The van der Waals surface area contributed by atoms with E-state index in [9.17, 15) is 14.4 Å². The minimum atomic E-state index is 0.323. The summed E-state index contributed by atoms with van der Waals surface area (Å²) in [5.41, 5.74) is 18.0. The van der Waals surface area contributed by atoms with Gasteiger partial charge in [-0.2, -0.15) is 0 Å². The number of unbranched alkanes of at least 4 members (excludes halogenated alkanes) is 6. The molecule has 0 fully saturated rings. The van der Waals surface area contributed by atoms with E-state index in [1.807, 2.05) is 96.3 Å². The molecule has 105 heavy (non-hydrogen) atoms. The molecule has 12 aromatic rings. The first-order valence-electron chi connectivity index (χ1n) is 37.5. The molecule has 546 valence electrons. The van der Waals surface area contributed by atoms with Gasteiger partial charge >= 0.3 is 0 Å². The normalized spacial score (nSPS) is 15.4. The van der Waals surface area contributed by atoms with Crippen molar-refractivity contribution in [3.63, 3.8) is 0 Å². The quantitative estimate of drug-likeness (QED) is 0.0423. The van der Waals surface area contributed by atoms with Crippen LogP contribution in [0, 0.1) is 5.92 Å². The molecule has 3 atom stereocenters. The molecule has 2 aliphatic carbocycles. The van der Waals surface area contributed by atoms with Crippen LogP contribution in [-0.2, 0) is 80.1 Å². The fourth-order valence-corrected chi connectivity index (χ4v) is 22.2. The second-order valence-electron chi connectivity index (χ2n) is 28.3. The number of nitrogens with one attached hydrogen (secondary N) is 1. The number of aryl methyl sites for hydroxylation is 1. The SMILES string of the molecule is COCCCCCC(=O)Cc1sc2c(c1-c1nc3cc(-c4ccncc4)ccc3s1)CC(C)CC2.COCCCCCC(=O)Cc1sc2c(c1-c1nc3cc(-c4ccncc4)ccc3s1)CC(C)NC2.COCCCCCC(=O)Cc1sc2c(c1-c1nc3cc(-c4ccncc4)ccc3s1)CCCC2C. The Morgan fingerprint density at radius 3 is 1.26 bits per heavy atom. The van der Waals surface area contributed by atoms with Crippen molar-refractivity contribution in [2.24, 2.45) is 5.92 Å². The minimum absolute atomic E-state index is 0.323. The summed E-state index contributed by atoms with van der Waals surface area (Å²) < 4.78 is 18.9. The lowest BCUT2D eigenvalue weighted by Gasteiger charge is -2.20. The summed E-state index contributed by atoms with van der Waals surface area (Å²) in [5.74, 6) is 2.25. The number of pyridine rings is 3. The first-order valence-corrected chi connectivity index (χ1v) is 42.4. The summed E-state index contributed by atoms with van der Waals surface area (Å²) in [4.78, 5) is 74.5. The molecule has 0 spiro atoms. The number of Topliss-reactive ketones (excluding diaryl/α,β-unsaturated/α-hetero) is 3. The molecule has 10 heterocycles. The molecule has 0 radical (unpaired) electrons. The standard InChI is InChI=1S/2C29H32N2O2S2.C28H31N3O2S2/c1-19-7-6-9-23-27(26(34-28(19)23)18-22(32)8-4-3-5-16-33-2)29-31-24-17-21(10-11-25(24)35-29)20-12-14-30-15-13-20;1-19-7-9-25-23(16-19)28(27(34-25)18-22(32)6-4-3-5-15-33-2)29-31-24-17-21(8-10-26(24)35-29)20-11-13-30-14-12-20;1-18-14-22-26(17-30-18)34-25(16-21(32)6-4-3-5-13-33-2)27(22)28-31-23-15-20(7-8-24(23)35-28)19-9-11-29-12-10-19/h10-15,17,19H,3-9,16,18H2,1-2H3;8,10-14,17,19H,3-7,9,15-16,18H2,1-2H3;7-12,15,18,30H,3-6,13-14,16-17H2,1-2H3. The molecule has 13 nitrogen and oxygen atoms in total. The molecule has 0 bridgehead atoms. The number of benzene rings is 3. The van der Waals surface area contributed by atoms with Crippen LogP contribution in [-0.4, -0.2) is 94.4 Å². The van der Waals surface area contributed by atoms with Crippen LogP contribution < -0.4 is 5.32 Å². The van der Waals surface area contributed by atoms with Gasteiger partial charge in [0.05, 0.1) is 30.6 Å². The number of thiophene rings is 3. The number of ketones is 3. The Morgan fingerprint density at radius 1 is 0.429 bits per heavy atom. The van der Waals surface area contributed by atoms with Crippen molar-refractivity contribution in [3.05, 3.63) is 174 Å². The number of aromatic nitrogens is 6. The highest BCUT2D eigenvalue weighted by Gasteiger charge is 2.32. The highest BCUT2D eigenvalue weighted by atomic mass is 32.1. The van der Waals surface area contributed by atoms with E-state index in [0.717, 1.165) is 175 Å². The molecule has 1 N–H and O–H groups in total. The number of ether oxygens (including phenoxy) is 3. The van der Waals surface area contributed by atoms with Gasteiger partial charge in [0.2, 0.25) is 0 Å². The third-order valence-electron chi connectivity index (χ3n) is 20.3. The maximum Gasteiger partial charge on any atom is 0.138 e. The van der Waals surface area contributed by atoms with Crippen molar-refractivity contribution in [1.82, 2.24) is 35.2 Å². The van der Waals surface area contributed by atoms with Crippen LogP contribution in [0.4, 0.5) is 0 Å². The zero-order valence-electron chi connectivity index (χ0n) is 61.3. The Hall–Kier alpha value is -7.27. The third-order valence-corrected chi connectivity index (χ3v) is 27.5. The lowest BCUT2D eigenvalue weighted by Crippen LogP contribution is -2.32. The average molecular weight is 1520 g/mol. The van der Waals surface area contributed by atoms with Gasteiger partial charge < -0.3 is 19.5 Å². The maximum absolute atomic E-state index is 13.0. The van der Waals surface area contributed by atoms with Crippen LogP contribution >= 0.6 is 68.0 Å². The highest BCUT2D eigenvalue weighted by Crippen LogP contribution is 2.49. The van der Waals surface area contributed by atoms with E-state index in [-0.39, 0.29) is 0 Å². The number of hydrogen-bond acceptors (Lipinski definition) is 19. The molecule has 0 amide bonds. The van der Waals surface area contributed by atoms with Gasteiger partial charge in [-0.15, -0.1) is 68.0 Å². The molecule has 3 aliphatic rings. The molecular formula is C86H95N7O6S6. The predicted molar refractivity (Wildman–Crippen MR) is 438 cm³/mol. The van der Waals surface area contributed by atoms with Gasteiger partial charge in [-0.3, -0.25) is 29.3 Å².